The van der Waals surface area contributed by atoms with Crippen molar-refractivity contribution in [3.05, 3.63) is 163 Å². The molecule has 1 aliphatic rings. The van der Waals surface area contributed by atoms with Gasteiger partial charge in [-0.3, -0.25) is 0 Å². The topological polar surface area (TPSA) is 13.1 Å². The van der Waals surface area contributed by atoms with Crippen molar-refractivity contribution >= 4 is 60.3 Å². The molecule has 1 heterocycles. The second-order valence-corrected chi connectivity index (χ2v) is 12.7. The molecule has 1 aliphatic carbocycles. The highest BCUT2D eigenvalue weighted by atomic mass is 16.3. The van der Waals surface area contributed by atoms with E-state index in [0.717, 1.165) is 40.3 Å². The SMILES string of the molecule is C1=Cc2ccc3ccc(-c4ccc5c(c4)oc4c(-c6c7ccccc7c(-c7ccccc7)c7ccccc67)cccc45)cc3c2CC1. The molecule has 9 aromatic rings. The van der Waals surface area contributed by atoms with Gasteiger partial charge < -0.3 is 4.42 Å². The molecule has 0 amide bonds. The predicted molar refractivity (Wildman–Crippen MR) is 200 cm³/mol. The van der Waals surface area contributed by atoms with Gasteiger partial charge in [0.05, 0.1) is 0 Å². The first-order valence-corrected chi connectivity index (χ1v) is 16.5. The summed E-state index contributed by atoms with van der Waals surface area (Å²) in [5.41, 5.74) is 11.9. The minimum Gasteiger partial charge on any atom is -0.455 e. The molecule has 0 N–H and O–H groups in total. The van der Waals surface area contributed by atoms with Gasteiger partial charge in [0.1, 0.15) is 11.2 Å². The summed E-state index contributed by atoms with van der Waals surface area (Å²) >= 11 is 0. The van der Waals surface area contributed by atoms with Crippen molar-refractivity contribution in [2.75, 3.05) is 0 Å². The van der Waals surface area contributed by atoms with E-state index in [1.807, 2.05) is 0 Å². The van der Waals surface area contributed by atoms with E-state index >= 15 is 0 Å². The Morgan fingerprint density at radius 3 is 1.89 bits per heavy atom. The van der Waals surface area contributed by atoms with Crippen LogP contribution in [0.2, 0.25) is 0 Å². The normalized spacial score (nSPS) is 12.9. The van der Waals surface area contributed by atoms with Crippen LogP contribution in [0.15, 0.2) is 156 Å². The second kappa shape index (κ2) is 10.3. The molecule has 0 fully saturated rings. The van der Waals surface area contributed by atoms with Crippen LogP contribution in [0.25, 0.3) is 93.7 Å². The first-order valence-electron chi connectivity index (χ1n) is 16.5. The van der Waals surface area contributed by atoms with Crippen molar-refractivity contribution in [2.24, 2.45) is 0 Å². The van der Waals surface area contributed by atoms with Crippen molar-refractivity contribution in [1.82, 2.24) is 0 Å². The van der Waals surface area contributed by atoms with Crippen LogP contribution in [0.5, 0.6) is 0 Å². The summed E-state index contributed by atoms with van der Waals surface area (Å²) in [6, 6.07) is 53.1. The second-order valence-electron chi connectivity index (χ2n) is 12.7. The third-order valence-corrected chi connectivity index (χ3v) is 10.1. The highest BCUT2D eigenvalue weighted by molar-refractivity contribution is 6.24. The number of rotatable bonds is 3. The fourth-order valence-electron chi connectivity index (χ4n) is 7.96. The van der Waals surface area contributed by atoms with Gasteiger partial charge in [-0.25, -0.2) is 0 Å². The first-order chi connectivity index (χ1) is 23.3. The highest BCUT2D eigenvalue weighted by Crippen LogP contribution is 2.46. The molecule has 0 saturated heterocycles. The Labute approximate surface area is 273 Å². The lowest BCUT2D eigenvalue weighted by atomic mass is 9.85. The molecular weight excluding hydrogens is 569 g/mol. The van der Waals surface area contributed by atoms with E-state index in [-0.39, 0.29) is 0 Å². The van der Waals surface area contributed by atoms with Gasteiger partial charge in [-0.1, -0.05) is 140 Å². The van der Waals surface area contributed by atoms with E-state index in [9.17, 15) is 0 Å². The monoisotopic (exact) mass is 598 g/mol. The largest absolute Gasteiger partial charge is 0.455 e. The summed E-state index contributed by atoms with van der Waals surface area (Å²) in [4.78, 5) is 0. The number of hydrogen-bond acceptors (Lipinski definition) is 1. The van der Waals surface area contributed by atoms with Gasteiger partial charge in [-0.2, -0.15) is 0 Å². The molecule has 0 atom stereocenters. The van der Waals surface area contributed by atoms with E-state index in [4.69, 9.17) is 4.42 Å². The summed E-state index contributed by atoms with van der Waals surface area (Å²) < 4.78 is 6.88. The molecule has 0 unspecified atom stereocenters. The van der Waals surface area contributed by atoms with Crippen LogP contribution in [0.3, 0.4) is 0 Å². The summed E-state index contributed by atoms with van der Waals surface area (Å²) in [5, 5.41) is 9.89. The standard InChI is InChI=1S/C46H30O/c1-2-12-31(13-3-1)44-36-15-6-8-17-38(36)45(39-18-9-7-16-37(39)44)41-20-10-19-40-35-26-25-33(28-43(35)47-46(40)41)32-24-23-30-22-21-29-11-4-5-14-34(29)42(30)27-32/h1-4,6-13,15-28H,5,14H2. The fraction of sp³-hybridized carbons (Fsp3) is 0.0435. The molecule has 0 spiro atoms. The number of furan rings is 1. The molecule has 1 aromatic heterocycles. The van der Waals surface area contributed by atoms with Crippen LogP contribution in [-0.2, 0) is 6.42 Å². The summed E-state index contributed by atoms with van der Waals surface area (Å²) in [6.45, 7) is 0. The quantitative estimate of drug-likeness (QED) is 0.184. The van der Waals surface area contributed by atoms with E-state index in [2.05, 4.69) is 158 Å². The predicted octanol–water partition coefficient (Wildman–Crippen LogP) is 13.0. The maximum atomic E-state index is 6.88. The number of fused-ring (bicyclic) bond motifs is 8. The average molecular weight is 599 g/mol. The van der Waals surface area contributed by atoms with Crippen LogP contribution in [0.1, 0.15) is 17.5 Å². The maximum absolute atomic E-state index is 6.88. The van der Waals surface area contributed by atoms with Crippen LogP contribution in [0.4, 0.5) is 0 Å². The van der Waals surface area contributed by atoms with Gasteiger partial charge in [0, 0.05) is 21.9 Å². The molecule has 0 bridgehead atoms. The Morgan fingerprint density at radius 1 is 0.447 bits per heavy atom. The van der Waals surface area contributed by atoms with E-state index in [1.54, 1.807) is 0 Å². The molecule has 220 valence electrons. The molecule has 1 heteroatoms. The molecule has 0 saturated carbocycles. The van der Waals surface area contributed by atoms with Gasteiger partial charge in [0.2, 0.25) is 0 Å². The van der Waals surface area contributed by atoms with Gasteiger partial charge in [0.25, 0.3) is 0 Å². The zero-order valence-corrected chi connectivity index (χ0v) is 25.8. The van der Waals surface area contributed by atoms with Crippen molar-refractivity contribution < 1.29 is 4.42 Å². The lowest BCUT2D eigenvalue weighted by molar-refractivity contribution is 0.670. The van der Waals surface area contributed by atoms with Gasteiger partial charge in [-0.05, 0) is 96.7 Å². The smallest absolute Gasteiger partial charge is 0.143 e. The van der Waals surface area contributed by atoms with Crippen molar-refractivity contribution in [2.45, 2.75) is 12.8 Å². The number of aryl methyl sites for hydroxylation is 1. The summed E-state index contributed by atoms with van der Waals surface area (Å²) in [5.74, 6) is 0. The zero-order valence-electron chi connectivity index (χ0n) is 25.8. The number of para-hydroxylation sites is 1. The number of hydrogen-bond donors (Lipinski definition) is 0. The Morgan fingerprint density at radius 2 is 1.11 bits per heavy atom. The lowest BCUT2D eigenvalue weighted by Gasteiger charge is -2.17. The maximum Gasteiger partial charge on any atom is 0.143 e. The average Bonchev–Trinajstić information content (AvgIpc) is 3.52. The molecular formula is C46H30O. The van der Waals surface area contributed by atoms with Crippen LogP contribution in [0, 0.1) is 0 Å². The fourth-order valence-corrected chi connectivity index (χ4v) is 7.96. The van der Waals surface area contributed by atoms with Gasteiger partial charge >= 0.3 is 0 Å². The molecule has 0 radical (unpaired) electrons. The van der Waals surface area contributed by atoms with E-state index in [1.165, 1.54) is 71.3 Å². The molecule has 8 aromatic carbocycles. The number of benzene rings is 8. The van der Waals surface area contributed by atoms with Gasteiger partial charge in [-0.15, -0.1) is 0 Å². The van der Waals surface area contributed by atoms with Crippen LogP contribution >= 0.6 is 0 Å². The number of allylic oxidation sites excluding steroid dienone is 1. The van der Waals surface area contributed by atoms with Crippen LogP contribution < -0.4 is 0 Å². The van der Waals surface area contributed by atoms with Crippen molar-refractivity contribution in [3.8, 4) is 33.4 Å². The van der Waals surface area contributed by atoms with Crippen molar-refractivity contribution in [1.29, 1.82) is 0 Å². The Kier molecular flexibility index (Phi) is 5.77. The molecule has 0 aliphatic heterocycles. The Bertz CT molecular complexity index is 2670. The molecule has 47 heavy (non-hydrogen) atoms. The minimum atomic E-state index is 0.914. The van der Waals surface area contributed by atoms with Crippen LogP contribution in [-0.4, -0.2) is 0 Å². The van der Waals surface area contributed by atoms with E-state index in [0.29, 0.717) is 0 Å². The third kappa shape index (κ3) is 4.03. The minimum absolute atomic E-state index is 0.914. The Balaban J connectivity index is 1.20. The first kappa shape index (κ1) is 26.3. The Hall–Kier alpha value is -5.92. The third-order valence-electron chi connectivity index (χ3n) is 10.1. The van der Waals surface area contributed by atoms with Gasteiger partial charge in [0.15, 0.2) is 0 Å². The lowest BCUT2D eigenvalue weighted by Crippen LogP contribution is -1.95. The van der Waals surface area contributed by atoms with E-state index < -0.39 is 0 Å². The summed E-state index contributed by atoms with van der Waals surface area (Å²) in [7, 11) is 0. The zero-order chi connectivity index (χ0) is 30.9. The summed E-state index contributed by atoms with van der Waals surface area (Å²) in [6.07, 6.45) is 6.74. The highest BCUT2D eigenvalue weighted by Gasteiger charge is 2.20. The molecule has 1 nitrogen and oxygen atoms in total. The van der Waals surface area contributed by atoms with Crippen molar-refractivity contribution in [3.63, 3.8) is 0 Å². The molecule has 10 rings (SSSR count).